The van der Waals surface area contributed by atoms with E-state index in [2.05, 4.69) is 10.0 Å². The molecular weight excluding hydrogens is 278 g/mol. The molecule has 0 aromatic heterocycles. The predicted octanol–water partition coefficient (Wildman–Crippen LogP) is -0.0837. The second-order valence-electron chi connectivity index (χ2n) is 5.97. The van der Waals surface area contributed by atoms with E-state index in [9.17, 15) is 13.2 Å². The fourth-order valence-electron chi connectivity index (χ4n) is 3.05. The van der Waals surface area contributed by atoms with Crippen LogP contribution in [0.4, 0.5) is 0 Å². The van der Waals surface area contributed by atoms with Gasteiger partial charge in [0.15, 0.2) is 0 Å². The molecule has 20 heavy (non-hydrogen) atoms. The van der Waals surface area contributed by atoms with E-state index in [-0.39, 0.29) is 11.9 Å². The van der Waals surface area contributed by atoms with Crippen LogP contribution in [0.5, 0.6) is 0 Å². The zero-order chi connectivity index (χ0) is 14.6. The van der Waals surface area contributed by atoms with Crippen molar-refractivity contribution in [3.8, 4) is 0 Å². The number of hydrogen-bond donors (Lipinski definition) is 2. The first kappa shape index (κ1) is 15.7. The van der Waals surface area contributed by atoms with Crippen LogP contribution in [-0.2, 0) is 14.8 Å². The Morgan fingerprint density at radius 1 is 1.40 bits per heavy atom. The standard InChI is InChI=1S/C13H25N3O3S/c1-20(18,19)15-12-3-2-8-16(10-12)13(17)5-4-11-6-7-14-9-11/h11-12,14-15H,2-10H2,1H3. The van der Waals surface area contributed by atoms with Crippen molar-refractivity contribution in [3.05, 3.63) is 0 Å². The summed E-state index contributed by atoms with van der Waals surface area (Å²) in [6.45, 7) is 3.34. The Morgan fingerprint density at radius 2 is 2.20 bits per heavy atom. The largest absolute Gasteiger partial charge is 0.341 e. The number of likely N-dealkylation sites (tertiary alicyclic amines) is 1. The highest BCUT2D eigenvalue weighted by molar-refractivity contribution is 7.88. The summed E-state index contributed by atoms with van der Waals surface area (Å²) in [5.41, 5.74) is 0. The number of nitrogens with one attached hydrogen (secondary N) is 2. The lowest BCUT2D eigenvalue weighted by atomic mass is 10.0. The van der Waals surface area contributed by atoms with Gasteiger partial charge in [-0.05, 0) is 44.7 Å². The molecule has 0 aliphatic carbocycles. The minimum atomic E-state index is -3.19. The van der Waals surface area contributed by atoms with Gasteiger partial charge in [0.1, 0.15) is 0 Å². The highest BCUT2D eigenvalue weighted by Gasteiger charge is 2.26. The summed E-state index contributed by atoms with van der Waals surface area (Å²) in [6.07, 6.45) is 5.52. The molecule has 2 fully saturated rings. The van der Waals surface area contributed by atoms with E-state index in [1.807, 2.05) is 4.90 Å². The van der Waals surface area contributed by atoms with Crippen molar-refractivity contribution in [2.75, 3.05) is 32.4 Å². The van der Waals surface area contributed by atoms with Gasteiger partial charge in [-0.2, -0.15) is 0 Å². The smallest absolute Gasteiger partial charge is 0.222 e. The van der Waals surface area contributed by atoms with Crippen molar-refractivity contribution in [1.29, 1.82) is 0 Å². The molecule has 1 amide bonds. The van der Waals surface area contributed by atoms with Gasteiger partial charge in [-0.15, -0.1) is 0 Å². The number of rotatable bonds is 5. The molecule has 2 aliphatic rings. The lowest BCUT2D eigenvalue weighted by molar-refractivity contribution is -0.132. The van der Waals surface area contributed by atoms with E-state index in [0.29, 0.717) is 18.9 Å². The van der Waals surface area contributed by atoms with Crippen molar-refractivity contribution in [1.82, 2.24) is 14.9 Å². The Labute approximate surface area is 121 Å². The number of carbonyl (C=O) groups is 1. The summed E-state index contributed by atoms with van der Waals surface area (Å²) in [4.78, 5) is 14.0. The average Bonchev–Trinajstić information content (AvgIpc) is 2.87. The van der Waals surface area contributed by atoms with Crippen LogP contribution in [0.3, 0.4) is 0 Å². The highest BCUT2D eigenvalue weighted by atomic mass is 32.2. The molecule has 2 rings (SSSR count). The molecule has 0 radical (unpaired) electrons. The SMILES string of the molecule is CS(=O)(=O)NC1CCCN(C(=O)CCC2CCNC2)C1. The van der Waals surface area contributed by atoms with E-state index in [1.165, 1.54) is 6.26 Å². The average molecular weight is 303 g/mol. The van der Waals surface area contributed by atoms with Crippen molar-refractivity contribution in [3.63, 3.8) is 0 Å². The van der Waals surface area contributed by atoms with E-state index >= 15 is 0 Å². The fourth-order valence-corrected chi connectivity index (χ4v) is 3.85. The molecule has 116 valence electrons. The van der Waals surface area contributed by atoms with Crippen LogP contribution in [0.15, 0.2) is 0 Å². The van der Waals surface area contributed by atoms with Gasteiger partial charge in [-0.1, -0.05) is 0 Å². The zero-order valence-corrected chi connectivity index (χ0v) is 12.9. The van der Waals surface area contributed by atoms with Crippen LogP contribution >= 0.6 is 0 Å². The van der Waals surface area contributed by atoms with E-state index in [1.54, 1.807) is 0 Å². The third-order valence-corrected chi connectivity index (χ3v) is 4.85. The molecule has 2 saturated heterocycles. The lowest BCUT2D eigenvalue weighted by Crippen LogP contribution is -2.49. The van der Waals surface area contributed by atoms with E-state index in [4.69, 9.17) is 0 Å². The summed E-state index contributed by atoms with van der Waals surface area (Å²) in [5, 5.41) is 3.31. The molecule has 0 bridgehead atoms. The molecule has 6 nitrogen and oxygen atoms in total. The summed E-state index contributed by atoms with van der Waals surface area (Å²) in [5.74, 6) is 0.783. The molecule has 0 aromatic rings. The summed E-state index contributed by atoms with van der Waals surface area (Å²) in [7, 11) is -3.19. The van der Waals surface area contributed by atoms with Crippen LogP contribution in [0, 0.1) is 5.92 Å². The molecular formula is C13H25N3O3S. The number of piperidine rings is 1. The van der Waals surface area contributed by atoms with Crippen LogP contribution in [0.1, 0.15) is 32.1 Å². The van der Waals surface area contributed by atoms with Gasteiger partial charge >= 0.3 is 0 Å². The fraction of sp³-hybridized carbons (Fsp3) is 0.923. The van der Waals surface area contributed by atoms with Crippen molar-refractivity contribution in [2.24, 2.45) is 5.92 Å². The highest BCUT2D eigenvalue weighted by Crippen LogP contribution is 2.17. The summed E-state index contributed by atoms with van der Waals surface area (Å²) < 4.78 is 25.1. The molecule has 2 atom stereocenters. The van der Waals surface area contributed by atoms with E-state index < -0.39 is 10.0 Å². The Bertz CT molecular complexity index is 432. The first-order chi connectivity index (χ1) is 9.44. The van der Waals surface area contributed by atoms with E-state index in [0.717, 1.165) is 45.3 Å². The maximum atomic E-state index is 12.2. The lowest BCUT2D eigenvalue weighted by Gasteiger charge is -2.33. The Hall–Kier alpha value is -0.660. The molecule has 2 N–H and O–H groups in total. The molecule has 0 aromatic carbocycles. The number of carbonyl (C=O) groups excluding carboxylic acids is 1. The van der Waals surface area contributed by atoms with Crippen LogP contribution in [0.2, 0.25) is 0 Å². The van der Waals surface area contributed by atoms with Crippen LogP contribution in [-0.4, -0.2) is 57.7 Å². The van der Waals surface area contributed by atoms with Crippen molar-refractivity contribution in [2.45, 2.75) is 38.1 Å². The summed E-state index contributed by atoms with van der Waals surface area (Å²) >= 11 is 0. The zero-order valence-electron chi connectivity index (χ0n) is 12.1. The minimum absolute atomic E-state index is 0.129. The monoisotopic (exact) mass is 303 g/mol. The molecule has 0 spiro atoms. The third-order valence-electron chi connectivity index (χ3n) is 4.08. The van der Waals surface area contributed by atoms with Crippen LogP contribution in [0.25, 0.3) is 0 Å². The number of sulfonamides is 1. The molecule has 2 unspecified atom stereocenters. The number of hydrogen-bond acceptors (Lipinski definition) is 4. The molecule has 0 saturated carbocycles. The van der Waals surface area contributed by atoms with Gasteiger partial charge in [0, 0.05) is 25.6 Å². The number of nitrogens with zero attached hydrogens (tertiary/aromatic N) is 1. The van der Waals surface area contributed by atoms with Crippen molar-refractivity contribution >= 4 is 15.9 Å². The number of amides is 1. The Morgan fingerprint density at radius 3 is 2.85 bits per heavy atom. The Kier molecular flexibility index (Phi) is 5.40. The van der Waals surface area contributed by atoms with Crippen LogP contribution < -0.4 is 10.0 Å². The van der Waals surface area contributed by atoms with Gasteiger partial charge in [-0.25, -0.2) is 13.1 Å². The first-order valence-electron chi connectivity index (χ1n) is 7.40. The molecule has 7 heteroatoms. The topological polar surface area (TPSA) is 78.5 Å². The minimum Gasteiger partial charge on any atom is -0.341 e. The quantitative estimate of drug-likeness (QED) is 0.744. The first-order valence-corrected chi connectivity index (χ1v) is 9.29. The Balaban J connectivity index is 1.77. The van der Waals surface area contributed by atoms with Gasteiger partial charge < -0.3 is 10.2 Å². The predicted molar refractivity (Wildman–Crippen MR) is 77.8 cm³/mol. The van der Waals surface area contributed by atoms with Gasteiger partial charge in [0.25, 0.3) is 0 Å². The van der Waals surface area contributed by atoms with Gasteiger partial charge in [0.2, 0.25) is 15.9 Å². The molecule has 2 aliphatic heterocycles. The van der Waals surface area contributed by atoms with Gasteiger partial charge in [0.05, 0.1) is 6.26 Å². The maximum Gasteiger partial charge on any atom is 0.222 e. The molecule has 2 heterocycles. The second kappa shape index (κ2) is 6.87. The van der Waals surface area contributed by atoms with Crippen molar-refractivity contribution < 1.29 is 13.2 Å². The van der Waals surface area contributed by atoms with Gasteiger partial charge in [-0.3, -0.25) is 4.79 Å². The maximum absolute atomic E-state index is 12.2. The third kappa shape index (κ3) is 5.03. The normalized spacial score (nSPS) is 27.8. The second-order valence-corrected chi connectivity index (χ2v) is 7.75. The summed E-state index contributed by atoms with van der Waals surface area (Å²) in [6, 6.07) is -0.129.